The van der Waals surface area contributed by atoms with Crippen LogP contribution in [0.25, 0.3) is 11.3 Å². The van der Waals surface area contributed by atoms with Crippen LogP contribution in [0.4, 0.5) is 5.82 Å². The molecule has 0 spiro atoms. The summed E-state index contributed by atoms with van der Waals surface area (Å²) in [6, 6.07) is 3.83. The van der Waals surface area contributed by atoms with Gasteiger partial charge in [-0.2, -0.15) is 5.10 Å². The highest BCUT2D eigenvalue weighted by Gasteiger charge is 2.27. The SMILES string of the molecule is CC(=O)N1CCc2nc(N3CCN(Cc4cccn(C)c4=O)CC3)c(-c3cnn(C)c3)nc2C1. The van der Waals surface area contributed by atoms with Gasteiger partial charge in [0.15, 0.2) is 5.82 Å². The molecule has 2 aliphatic rings. The van der Waals surface area contributed by atoms with E-state index >= 15 is 0 Å². The Hall–Kier alpha value is -3.53. The molecule has 0 saturated carbocycles. The fourth-order valence-electron chi connectivity index (χ4n) is 4.68. The lowest BCUT2D eigenvalue weighted by Gasteiger charge is -2.36. The number of rotatable bonds is 4. The number of nitrogens with zero attached hydrogens (tertiary/aromatic N) is 8. The van der Waals surface area contributed by atoms with E-state index in [0.717, 1.165) is 60.2 Å². The molecular formula is C24H30N8O2. The van der Waals surface area contributed by atoms with Crippen molar-refractivity contribution >= 4 is 11.7 Å². The summed E-state index contributed by atoms with van der Waals surface area (Å²) >= 11 is 0. The van der Waals surface area contributed by atoms with Crippen molar-refractivity contribution in [1.29, 1.82) is 0 Å². The first-order valence-corrected chi connectivity index (χ1v) is 11.6. The number of pyridine rings is 1. The van der Waals surface area contributed by atoms with E-state index < -0.39 is 0 Å². The van der Waals surface area contributed by atoms with Gasteiger partial charge in [-0.25, -0.2) is 9.97 Å². The van der Waals surface area contributed by atoms with E-state index in [1.54, 1.807) is 29.4 Å². The van der Waals surface area contributed by atoms with Gasteiger partial charge in [-0.1, -0.05) is 6.07 Å². The van der Waals surface area contributed by atoms with E-state index in [4.69, 9.17) is 9.97 Å². The van der Waals surface area contributed by atoms with E-state index in [0.29, 0.717) is 26.1 Å². The average Bonchev–Trinajstić information content (AvgIpc) is 3.27. The molecule has 0 N–H and O–H groups in total. The summed E-state index contributed by atoms with van der Waals surface area (Å²) in [4.78, 5) is 40.8. The molecule has 2 aliphatic heterocycles. The zero-order valence-corrected chi connectivity index (χ0v) is 19.9. The maximum atomic E-state index is 12.4. The minimum atomic E-state index is 0.0591. The number of amides is 1. The van der Waals surface area contributed by atoms with Crippen molar-refractivity contribution in [2.45, 2.75) is 26.4 Å². The predicted octanol–water partition coefficient (Wildman–Crippen LogP) is 0.803. The van der Waals surface area contributed by atoms with E-state index in [1.807, 2.05) is 36.5 Å². The van der Waals surface area contributed by atoms with E-state index in [1.165, 1.54) is 0 Å². The van der Waals surface area contributed by atoms with E-state index in [9.17, 15) is 9.59 Å². The normalized spacial score (nSPS) is 16.6. The fraction of sp³-hybridized carbons (Fsp3) is 0.458. The number of hydrogen-bond acceptors (Lipinski definition) is 7. The molecule has 0 aliphatic carbocycles. The minimum absolute atomic E-state index is 0.0591. The Bertz CT molecular complexity index is 1270. The summed E-state index contributed by atoms with van der Waals surface area (Å²) in [5.41, 5.74) is 4.44. The van der Waals surface area contributed by atoms with Gasteiger partial charge in [0.25, 0.3) is 5.56 Å². The molecule has 5 heterocycles. The van der Waals surface area contributed by atoms with Gasteiger partial charge in [0, 0.05) is 90.2 Å². The Labute approximate surface area is 198 Å². The monoisotopic (exact) mass is 462 g/mol. The zero-order valence-electron chi connectivity index (χ0n) is 19.9. The second-order valence-electron chi connectivity index (χ2n) is 9.10. The van der Waals surface area contributed by atoms with Crippen molar-refractivity contribution in [2.75, 3.05) is 37.6 Å². The first kappa shape index (κ1) is 22.3. The first-order valence-electron chi connectivity index (χ1n) is 11.6. The van der Waals surface area contributed by atoms with Crippen LogP contribution in [0.1, 0.15) is 23.9 Å². The summed E-state index contributed by atoms with van der Waals surface area (Å²) in [6.07, 6.45) is 6.26. The van der Waals surface area contributed by atoms with Gasteiger partial charge in [0.1, 0.15) is 5.69 Å². The Balaban J connectivity index is 1.39. The van der Waals surface area contributed by atoms with Crippen molar-refractivity contribution in [3.05, 3.63) is 58.0 Å². The lowest BCUT2D eigenvalue weighted by atomic mass is 10.1. The summed E-state index contributed by atoms with van der Waals surface area (Å²) in [7, 11) is 3.67. The fourth-order valence-corrected chi connectivity index (χ4v) is 4.68. The molecule has 3 aromatic rings. The summed E-state index contributed by atoms with van der Waals surface area (Å²) in [6.45, 7) is 6.67. The quantitative estimate of drug-likeness (QED) is 0.566. The van der Waals surface area contributed by atoms with Crippen LogP contribution in [-0.4, -0.2) is 72.7 Å². The number of hydrogen-bond donors (Lipinski definition) is 0. The molecule has 0 bridgehead atoms. The molecule has 1 saturated heterocycles. The molecule has 1 fully saturated rings. The summed E-state index contributed by atoms with van der Waals surface area (Å²) in [5.74, 6) is 0.933. The Morgan fingerprint density at radius 1 is 1.06 bits per heavy atom. The zero-order chi connectivity index (χ0) is 23.8. The van der Waals surface area contributed by atoms with Gasteiger partial charge in [0.2, 0.25) is 5.91 Å². The molecule has 5 rings (SSSR count). The number of aromatic nitrogens is 5. The first-order chi connectivity index (χ1) is 16.4. The van der Waals surface area contributed by atoms with Gasteiger partial charge in [-0.15, -0.1) is 0 Å². The van der Waals surface area contributed by atoms with Gasteiger partial charge in [-0.05, 0) is 6.07 Å². The molecule has 0 atom stereocenters. The molecular weight excluding hydrogens is 432 g/mol. The predicted molar refractivity (Wildman–Crippen MR) is 128 cm³/mol. The van der Waals surface area contributed by atoms with Crippen LogP contribution in [0.2, 0.25) is 0 Å². The number of anilines is 1. The smallest absolute Gasteiger partial charge is 0.254 e. The number of aryl methyl sites for hydroxylation is 2. The minimum Gasteiger partial charge on any atom is -0.352 e. The van der Waals surface area contributed by atoms with Gasteiger partial charge < -0.3 is 14.4 Å². The van der Waals surface area contributed by atoms with Crippen molar-refractivity contribution in [1.82, 2.24) is 34.1 Å². The highest BCUT2D eigenvalue weighted by molar-refractivity contribution is 5.74. The third-order valence-electron chi connectivity index (χ3n) is 6.68. The number of piperazine rings is 1. The molecule has 10 nitrogen and oxygen atoms in total. The summed E-state index contributed by atoms with van der Waals surface area (Å²) in [5, 5.41) is 4.33. The number of fused-ring (bicyclic) bond motifs is 1. The molecule has 0 radical (unpaired) electrons. The molecule has 1 amide bonds. The highest BCUT2D eigenvalue weighted by atomic mass is 16.2. The molecule has 178 valence electrons. The third kappa shape index (κ3) is 4.33. The van der Waals surface area contributed by atoms with Crippen LogP contribution < -0.4 is 10.5 Å². The van der Waals surface area contributed by atoms with Crippen molar-refractivity contribution < 1.29 is 4.79 Å². The van der Waals surface area contributed by atoms with Crippen LogP contribution in [0.5, 0.6) is 0 Å². The third-order valence-corrected chi connectivity index (χ3v) is 6.68. The van der Waals surface area contributed by atoms with Crippen LogP contribution in [0, 0.1) is 0 Å². The molecule has 0 aromatic carbocycles. The molecule has 0 unspecified atom stereocenters. The second kappa shape index (κ2) is 9.02. The number of carbonyl (C=O) groups excluding carboxylic acids is 1. The Morgan fingerprint density at radius 3 is 2.56 bits per heavy atom. The van der Waals surface area contributed by atoms with Crippen molar-refractivity contribution in [3.63, 3.8) is 0 Å². The Kier molecular flexibility index (Phi) is 5.91. The summed E-state index contributed by atoms with van der Waals surface area (Å²) < 4.78 is 3.39. The number of carbonyl (C=O) groups is 1. The maximum Gasteiger partial charge on any atom is 0.254 e. The van der Waals surface area contributed by atoms with Crippen LogP contribution in [0.15, 0.2) is 35.5 Å². The topological polar surface area (TPSA) is 92.4 Å². The Morgan fingerprint density at radius 2 is 1.85 bits per heavy atom. The second-order valence-corrected chi connectivity index (χ2v) is 9.10. The largest absolute Gasteiger partial charge is 0.352 e. The van der Waals surface area contributed by atoms with E-state index in [-0.39, 0.29) is 11.5 Å². The molecule has 3 aromatic heterocycles. The standard InChI is InChI=1S/C24H30N8O2/c1-17(33)32-8-6-20-21(16-32)26-22(19-13-25-29(3)14-19)23(27-20)31-11-9-30(10-12-31)15-18-5-4-7-28(2)24(18)34/h4-5,7,13-14H,6,8-12,15-16H2,1-3H3. The van der Waals surface area contributed by atoms with Crippen LogP contribution in [0.3, 0.4) is 0 Å². The van der Waals surface area contributed by atoms with Gasteiger partial charge in [0.05, 0.1) is 24.1 Å². The lowest BCUT2D eigenvalue weighted by Crippen LogP contribution is -2.47. The van der Waals surface area contributed by atoms with Gasteiger partial charge in [-0.3, -0.25) is 19.2 Å². The van der Waals surface area contributed by atoms with Crippen molar-refractivity contribution in [3.8, 4) is 11.3 Å². The van der Waals surface area contributed by atoms with Gasteiger partial charge >= 0.3 is 0 Å². The van der Waals surface area contributed by atoms with Crippen molar-refractivity contribution in [2.24, 2.45) is 14.1 Å². The average molecular weight is 463 g/mol. The maximum absolute atomic E-state index is 12.4. The highest BCUT2D eigenvalue weighted by Crippen LogP contribution is 2.31. The molecule has 10 heteroatoms. The van der Waals surface area contributed by atoms with E-state index in [2.05, 4.69) is 14.9 Å². The molecule has 34 heavy (non-hydrogen) atoms. The lowest BCUT2D eigenvalue weighted by molar-refractivity contribution is -0.129. The van der Waals surface area contributed by atoms with Crippen LogP contribution >= 0.6 is 0 Å². The van der Waals surface area contributed by atoms with Crippen LogP contribution in [-0.2, 0) is 38.4 Å².